The van der Waals surface area contributed by atoms with Crippen LogP contribution in [0.15, 0.2) is 0 Å². The van der Waals surface area contributed by atoms with Gasteiger partial charge in [0, 0.05) is 0 Å². The Morgan fingerprint density at radius 2 is 0.421 bits per heavy atom. The van der Waals surface area contributed by atoms with Crippen LogP contribution < -0.4 is 29.1 Å². The fraction of sp³-hybridized carbons (Fsp3) is 1.00. The molecule has 4 heteroatoms. The van der Waals surface area contributed by atoms with Gasteiger partial charge in [-0.2, -0.15) is 0 Å². The lowest BCUT2D eigenvalue weighted by atomic mass is 10.1. The number of rotatable bonds is 24. The Labute approximate surface area is 261 Å². The molecule has 38 heavy (non-hydrogen) atoms. The lowest BCUT2D eigenvalue weighted by molar-refractivity contribution is -0.929. The minimum atomic E-state index is 0. The number of quaternary nitrogens is 2. The molecule has 0 aromatic heterocycles. The van der Waals surface area contributed by atoms with Crippen molar-refractivity contribution in [3.63, 3.8) is 0 Å². The van der Waals surface area contributed by atoms with Crippen LogP contribution in [0.3, 0.4) is 0 Å². The summed E-state index contributed by atoms with van der Waals surface area (Å²) >= 11 is 0. The van der Waals surface area contributed by atoms with Crippen LogP contribution >= 0.6 is 0 Å². The van der Waals surface area contributed by atoms with E-state index in [2.05, 4.69) is 55.4 Å². The normalized spacial score (nSPS) is 11.2. The largest absolute Gasteiger partial charge is 1.00 e. The van der Waals surface area contributed by atoms with Gasteiger partial charge in [-0.1, -0.05) is 114 Å². The van der Waals surface area contributed by atoms with Crippen LogP contribution in [-0.4, -0.2) is 67.9 Å². The van der Waals surface area contributed by atoms with Crippen molar-refractivity contribution in [2.45, 2.75) is 165 Å². The van der Waals surface area contributed by atoms with E-state index in [4.69, 9.17) is 5.11 Å². The smallest absolute Gasteiger partial charge is 0.0786 e. The predicted octanol–water partition coefficient (Wildman–Crippen LogP) is 6.38. The molecule has 0 atom stereocenters. The Balaban J connectivity index is -0.000000269. The van der Waals surface area contributed by atoms with E-state index in [-0.39, 0.29) is 30.6 Å². The Kier molecular flexibility index (Phi) is 42.8. The summed E-state index contributed by atoms with van der Waals surface area (Å²) in [6, 6.07) is 0. The highest BCUT2D eigenvalue weighted by molar-refractivity contribution is 4.50. The van der Waals surface area contributed by atoms with Crippen molar-refractivity contribution in [3.8, 4) is 0 Å². The first-order valence-electron chi connectivity index (χ1n) is 17.2. The van der Waals surface area contributed by atoms with E-state index in [1.165, 1.54) is 164 Å². The molecule has 0 fully saturated rings. The van der Waals surface area contributed by atoms with Crippen molar-refractivity contribution in [1.82, 2.24) is 0 Å². The number of hydrogen-bond donors (Lipinski definition) is 0. The molecule has 0 spiro atoms. The van der Waals surface area contributed by atoms with Gasteiger partial charge in [-0.05, 0) is 51.4 Å². The van der Waals surface area contributed by atoms with Crippen molar-refractivity contribution in [1.29, 1.82) is 0 Å². The first-order valence-corrected chi connectivity index (χ1v) is 17.2. The molecule has 0 heterocycles. The quantitative estimate of drug-likeness (QED) is 0.0875. The molecule has 0 saturated carbocycles. The van der Waals surface area contributed by atoms with E-state index < -0.39 is 0 Å². The molecule has 0 bridgehead atoms. The molecule has 0 amide bonds. The second kappa shape index (κ2) is 35.6. The first kappa shape index (κ1) is 45.6. The van der Waals surface area contributed by atoms with Crippen molar-refractivity contribution in [3.05, 3.63) is 0 Å². The van der Waals surface area contributed by atoms with E-state index in [1.54, 1.807) is 6.92 Å². The van der Waals surface area contributed by atoms with Gasteiger partial charge < -0.3 is 38.0 Å². The highest BCUT2D eigenvalue weighted by Gasteiger charge is 2.25. The summed E-state index contributed by atoms with van der Waals surface area (Å²) in [5, 5.41) is 8.93. The summed E-state index contributed by atoms with van der Waals surface area (Å²) in [7, 11) is 0. The molecule has 0 aromatic carbocycles. The van der Waals surface area contributed by atoms with E-state index in [9.17, 15) is 0 Å². The lowest BCUT2D eigenvalue weighted by Gasteiger charge is -2.39. The monoisotopic (exact) mass is 657 g/mol. The molecule has 0 rings (SSSR count). The highest BCUT2D eigenvalue weighted by atomic mass is 127. The van der Waals surface area contributed by atoms with Crippen LogP contribution in [0.4, 0.5) is 0 Å². The molecular formula is C34H77IN2O. The maximum atomic E-state index is 8.93. The first-order chi connectivity index (χ1) is 17.9. The number of hydrogen-bond acceptors (Lipinski definition) is 1. The number of nitrogens with zero attached hydrogens (tertiary/aromatic N) is 2. The van der Waals surface area contributed by atoms with Crippen molar-refractivity contribution in [2.24, 2.45) is 0 Å². The fourth-order valence-corrected chi connectivity index (χ4v) is 5.29. The van der Waals surface area contributed by atoms with Crippen LogP contribution in [0.2, 0.25) is 0 Å². The molecule has 0 aliphatic heterocycles. The highest BCUT2D eigenvalue weighted by Crippen LogP contribution is 2.17. The summed E-state index contributed by atoms with van der Waals surface area (Å²) in [5.74, 6) is 0. The van der Waals surface area contributed by atoms with Crippen LogP contribution in [0, 0.1) is 0 Å². The Morgan fingerprint density at radius 3 is 0.500 bits per heavy atom. The molecular weight excluding hydrogens is 579 g/mol. The van der Waals surface area contributed by atoms with Crippen molar-refractivity contribution < 1.29 is 38.0 Å². The Hall–Kier alpha value is 0.610. The SMILES string of the molecule is CCCC[N+](CCCC)(CCCC)CCCC.CCCC[N+](CCCC)(CCCC)CCCC.CC[O-].[I-]. The van der Waals surface area contributed by atoms with Gasteiger partial charge in [0.25, 0.3) is 0 Å². The fourth-order valence-electron chi connectivity index (χ4n) is 5.29. The summed E-state index contributed by atoms with van der Waals surface area (Å²) in [4.78, 5) is 0. The van der Waals surface area contributed by atoms with E-state index in [0.717, 1.165) is 0 Å². The minimum Gasteiger partial charge on any atom is -1.00 e. The molecule has 0 saturated heterocycles. The van der Waals surface area contributed by atoms with Crippen LogP contribution in [0.1, 0.15) is 165 Å². The summed E-state index contributed by atoms with van der Waals surface area (Å²) < 4.78 is 2.84. The van der Waals surface area contributed by atoms with Crippen LogP contribution in [-0.2, 0) is 0 Å². The molecule has 0 aliphatic rings. The third kappa shape index (κ3) is 28.1. The summed E-state index contributed by atoms with van der Waals surface area (Å²) in [6.45, 7) is 31.6. The van der Waals surface area contributed by atoms with Gasteiger partial charge in [0.1, 0.15) is 0 Å². The minimum absolute atomic E-state index is 0. The molecule has 0 aromatic rings. The van der Waals surface area contributed by atoms with Crippen LogP contribution in [0.25, 0.3) is 0 Å². The molecule has 3 nitrogen and oxygen atoms in total. The van der Waals surface area contributed by atoms with Gasteiger partial charge in [-0.3, -0.25) is 0 Å². The van der Waals surface area contributed by atoms with E-state index in [1.807, 2.05) is 0 Å². The summed E-state index contributed by atoms with van der Waals surface area (Å²) in [5.41, 5.74) is 0. The second-order valence-electron chi connectivity index (χ2n) is 11.6. The Bertz CT molecular complexity index is 295. The van der Waals surface area contributed by atoms with Gasteiger partial charge in [-0.15, -0.1) is 6.61 Å². The second-order valence-corrected chi connectivity index (χ2v) is 11.6. The molecule has 0 radical (unpaired) electrons. The van der Waals surface area contributed by atoms with Gasteiger partial charge in [0.05, 0.1) is 52.4 Å². The zero-order valence-corrected chi connectivity index (χ0v) is 30.5. The topological polar surface area (TPSA) is 23.1 Å². The molecule has 0 aliphatic carbocycles. The maximum Gasteiger partial charge on any atom is 0.0786 e. The molecule has 236 valence electrons. The third-order valence-electron chi connectivity index (χ3n) is 7.89. The van der Waals surface area contributed by atoms with Crippen molar-refractivity contribution in [2.75, 3.05) is 59.0 Å². The Morgan fingerprint density at radius 1 is 0.316 bits per heavy atom. The zero-order chi connectivity index (χ0) is 28.7. The molecule has 0 unspecified atom stereocenters. The standard InChI is InChI=1S/2C16H36N.C2H5O.HI/c2*1-5-9-13-17(14-10-6-2,15-11-7-3)16-12-8-4;1-2-3;/h2*5-16H2,1-4H3;2H2,1H3;1H/q2*+1;-1;/p-1. The lowest BCUT2D eigenvalue weighted by Crippen LogP contribution is -3.00. The van der Waals surface area contributed by atoms with Gasteiger partial charge in [0.15, 0.2) is 0 Å². The van der Waals surface area contributed by atoms with E-state index in [0.29, 0.717) is 0 Å². The third-order valence-corrected chi connectivity index (χ3v) is 7.89. The summed E-state index contributed by atoms with van der Waals surface area (Å²) in [6.07, 6.45) is 22.1. The number of halogens is 1. The van der Waals surface area contributed by atoms with Gasteiger partial charge >= 0.3 is 0 Å². The maximum absolute atomic E-state index is 8.93. The van der Waals surface area contributed by atoms with Crippen molar-refractivity contribution >= 4 is 0 Å². The average Bonchev–Trinajstić information content (AvgIpc) is 2.92. The van der Waals surface area contributed by atoms with Gasteiger partial charge in [-0.25, -0.2) is 0 Å². The molecule has 0 N–H and O–H groups in total. The average molecular weight is 657 g/mol. The van der Waals surface area contributed by atoms with E-state index >= 15 is 0 Å². The van der Waals surface area contributed by atoms with Crippen LogP contribution in [0.5, 0.6) is 0 Å². The number of unbranched alkanes of at least 4 members (excludes halogenated alkanes) is 8. The zero-order valence-electron chi connectivity index (χ0n) is 28.4. The predicted molar refractivity (Wildman–Crippen MR) is 169 cm³/mol. The van der Waals surface area contributed by atoms with Gasteiger partial charge in [0.2, 0.25) is 0 Å².